The minimum atomic E-state index is -0.616. The van der Waals surface area contributed by atoms with E-state index in [1.807, 2.05) is 30.5 Å². The van der Waals surface area contributed by atoms with E-state index in [4.69, 9.17) is 4.74 Å². The number of Topliss-reactive ketones (excluding diaryl/α,β-unsaturated/α-hetero) is 1. The molecule has 1 aliphatic heterocycles. The Morgan fingerprint density at radius 2 is 1.76 bits per heavy atom. The monoisotopic (exact) mass is 497 g/mol. The summed E-state index contributed by atoms with van der Waals surface area (Å²) in [5.74, 6) is -0.121. The van der Waals surface area contributed by atoms with Gasteiger partial charge in [-0.2, -0.15) is 0 Å². The molecule has 0 bridgehead atoms. The van der Waals surface area contributed by atoms with Gasteiger partial charge < -0.3 is 9.30 Å². The molecule has 0 unspecified atom stereocenters. The third-order valence-corrected chi connectivity index (χ3v) is 7.37. The number of carbonyl (C=O) groups excluding carboxylic acids is 2. The number of esters is 1. The van der Waals surface area contributed by atoms with Gasteiger partial charge in [-0.25, -0.2) is 9.78 Å². The van der Waals surface area contributed by atoms with Crippen LogP contribution in [-0.2, 0) is 17.7 Å². The van der Waals surface area contributed by atoms with Crippen LogP contribution in [-0.4, -0.2) is 32.5 Å². The number of carbonyl (C=O) groups is 2. The fourth-order valence-corrected chi connectivity index (χ4v) is 5.14. The highest BCUT2D eigenvalue weighted by Crippen LogP contribution is 2.23. The first-order valence-corrected chi connectivity index (χ1v) is 12.7. The van der Waals surface area contributed by atoms with Crippen LogP contribution in [0.4, 0.5) is 0 Å². The van der Waals surface area contributed by atoms with Crippen LogP contribution >= 0.6 is 0 Å². The average molecular weight is 498 g/mol. The first kappa shape index (κ1) is 24.7. The molecule has 1 aliphatic rings. The van der Waals surface area contributed by atoms with E-state index in [2.05, 4.69) is 31.0 Å². The summed E-state index contributed by atoms with van der Waals surface area (Å²) in [7, 11) is 0. The smallest absolute Gasteiger partial charge is 0.338 e. The summed E-state index contributed by atoms with van der Waals surface area (Å²) in [5.41, 5.74) is 6.32. The summed E-state index contributed by atoms with van der Waals surface area (Å²) in [5, 5.41) is 0.483. The maximum Gasteiger partial charge on any atom is 0.338 e. The van der Waals surface area contributed by atoms with Gasteiger partial charge in [0.15, 0.2) is 6.61 Å². The second-order valence-electron chi connectivity index (χ2n) is 9.92. The van der Waals surface area contributed by atoms with Crippen LogP contribution < -0.4 is 5.56 Å². The number of ether oxygens (including phenoxy) is 1. The summed E-state index contributed by atoms with van der Waals surface area (Å²) >= 11 is 0. The summed E-state index contributed by atoms with van der Waals surface area (Å²) in [4.78, 5) is 43.4. The summed E-state index contributed by atoms with van der Waals surface area (Å²) in [6.07, 6.45) is 3.77. The van der Waals surface area contributed by atoms with Crippen LogP contribution in [0.3, 0.4) is 0 Å². The molecule has 0 spiro atoms. The zero-order valence-electron chi connectivity index (χ0n) is 21.8. The van der Waals surface area contributed by atoms with Crippen molar-refractivity contribution in [3.05, 3.63) is 92.3 Å². The molecule has 0 fully saturated rings. The molecule has 0 aliphatic carbocycles. The highest BCUT2D eigenvalue weighted by atomic mass is 16.5. The van der Waals surface area contributed by atoms with Gasteiger partial charge in [0.05, 0.1) is 16.5 Å². The molecule has 3 heterocycles. The summed E-state index contributed by atoms with van der Waals surface area (Å²) < 4.78 is 9.18. The molecule has 0 N–H and O–H groups in total. The van der Waals surface area contributed by atoms with E-state index in [1.165, 1.54) is 11.1 Å². The van der Waals surface area contributed by atoms with Gasteiger partial charge in [-0.1, -0.05) is 12.5 Å². The van der Waals surface area contributed by atoms with Crippen LogP contribution in [0.5, 0.6) is 0 Å². The summed E-state index contributed by atoms with van der Waals surface area (Å²) in [6, 6.07) is 12.8. The zero-order valence-corrected chi connectivity index (χ0v) is 21.8. The molecule has 2 aromatic heterocycles. The quantitative estimate of drug-likeness (QED) is 0.280. The third kappa shape index (κ3) is 4.61. The van der Waals surface area contributed by atoms with Crippen molar-refractivity contribution in [3.63, 3.8) is 0 Å². The Morgan fingerprint density at radius 1 is 0.946 bits per heavy atom. The van der Waals surface area contributed by atoms with Gasteiger partial charge in [-0.05, 0) is 88.1 Å². The fraction of sp³-hybridized carbons (Fsp3) is 0.333. The maximum absolute atomic E-state index is 13.0. The number of hydrogen-bond donors (Lipinski definition) is 0. The normalized spacial score (nSPS) is 13.3. The van der Waals surface area contributed by atoms with Gasteiger partial charge in [0.25, 0.3) is 5.56 Å². The zero-order chi connectivity index (χ0) is 26.3. The van der Waals surface area contributed by atoms with E-state index < -0.39 is 5.97 Å². The van der Waals surface area contributed by atoms with Crippen LogP contribution in [0.15, 0.2) is 47.3 Å². The molecule has 7 heteroatoms. The Balaban J connectivity index is 1.35. The number of rotatable bonds is 5. The van der Waals surface area contributed by atoms with Crippen LogP contribution in [0.1, 0.15) is 68.3 Å². The Hall–Kier alpha value is -4.00. The first-order valence-electron chi connectivity index (χ1n) is 12.7. The number of benzene rings is 2. The van der Waals surface area contributed by atoms with Gasteiger partial charge in [-0.3, -0.25) is 14.2 Å². The van der Waals surface area contributed by atoms with E-state index in [1.54, 1.807) is 22.8 Å². The molecule has 2 aromatic carbocycles. The molecule has 0 amide bonds. The highest BCUT2D eigenvalue weighted by molar-refractivity contribution is 6.01. The number of nitrogens with zero attached hydrogens (tertiary/aromatic N) is 3. The molecule has 0 saturated carbocycles. The van der Waals surface area contributed by atoms with E-state index in [0.29, 0.717) is 23.0 Å². The second-order valence-corrected chi connectivity index (χ2v) is 9.92. The summed E-state index contributed by atoms with van der Waals surface area (Å²) in [6.45, 7) is 8.29. The lowest BCUT2D eigenvalue weighted by molar-refractivity contribution is 0.0474. The van der Waals surface area contributed by atoms with E-state index >= 15 is 0 Å². The number of ketones is 1. The number of aryl methyl sites for hydroxylation is 4. The van der Waals surface area contributed by atoms with Crippen LogP contribution in [0.2, 0.25) is 0 Å². The van der Waals surface area contributed by atoms with E-state index in [9.17, 15) is 14.4 Å². The van der Waals surface area contributed by atoms with Crippen LogP contribution in [0, 0.1) is 27.7 Å². The third-order valence-electron chi connectivity index (χ3n) is 7.37. The maximum atomic E-state index is 13.0. The van der Waals surface area contributed by atoms with Crippen molar-refractivity contribution < 1.29 is 14.3 Å². The Labute approximate surface area is 215 Å². The highest BCUT2D eigenvalue weighted by Gasteiger charge is 2.20. The molecule has 0 radical (unpaired) electrons. The predicted octanol–water partition coefficient (Wildman–Crippen LogP) is 5.19. The Kier molecular flexibility index (Phi) is 6.54. The molecule has 37 heavy (non-hydrogen) atoms. The van der Waals surface area contributed by atoms with Gasteiger partial charge in [0.1, 0.15) is 5.82 Å². The number of fused-ring (bicyclic) bond motifs is 2. The molecular formula is C30H31N3O4. The van der Waals surface area contributed by atoms with Crippen molar-refractivity contribution in [1.82, 2.24) is 14.1 Å². The van der Waals surface area contributed by atoms with Gasteiger partial charge in [0.2, 0.25) is 5.78 Å². The average Bonchev–Trinajstić information content (AvgIpc) is 3.03. The second kappa shape index (κ2) is 9.81. The Morgan fingerprint density at radius 3 is 2.54 bits per heavy atom. The minimum Gasteiger partial charge on any atom is -0.454 e. The molecule has 4 aromatic rings. The van der Waals surface area contributed by atoms with Gasteiger partial charge in [-0.15, -0.1) is 0 Å². The lowest BCUT2D eigenvalue weighted by Gasteiger charge is -2.12. The minimum absolute atomic E-state index is 0.0730. The molecule has 7 nitrogen and oxygen atoms in total. The standard InChI is InChI=1S/C30H31N3O4/c1-18-9-11-23(14-19(18)2)33-20(3)15-25(21(33)4)27(34)17-37-30(36)22-10-12-24-26(16-22)31-28-8-6-5-7-13-32(28)29(24)35/h9-12,14-16H,5-8,13,17H2,1-4H3. The molecule has 190 valence electrons. The largest absolute Gasteiger partial charge is 0.454 e. The van der Waals surface area contributed by atoms with Crippen molar-refractivity contribution in [2.45, 2.75) is 59.9 Å². The molecule has 0 saturated heterocycles. The van der Waals surface area contributed by atoms with Gasteiger partial charge in [0, 0.05) is 35.6 Å². The number of hydrogen-bond acceptors (Lipinski definition) is 5. The first-order chi connectivity index (χ1) is 17.7. The Bertz CT molecular complexity index is 1610. The molecule has 0 atom stereocenters. The van der Waals surface area contributed by atoms with E-state index in [-0.39, 0.29) is 23.5 Å². The van der Waals surface area contributed by atoms with Crippen molar-refractivity contribution in [2.75, 3.05) is 6.61 Å². The van der Waals surface area contributed by atoms with Crippen molar-refractivity contribution >= 4 is 22.7 Å². The lowest BCUT2D eigenvalue weighted by Crippen LogP contribution is -2.24. The van der Waals surface area contributed by atoms with E-state index in [0.717, 1.165) is 48.6 Å². The van der Waals surface area contributed by atoms with Gasteiger partial charge >= 0.3 is 5.97 Å². The predicted molar refractivity (Wildman–Crippen MR) is 143 cm³/mol. The topological polar surface area (TPSA) is 83.2 Å². The molecular weight excluding hydrogens is 466 g/mol. The SMILES string of the molecule is Cc1ccc(-n2c(C)cc(C(=O)COC(=O)c3ccc4c(=O)n5c(nc4c3)CCCCC5)c2C)cc1C. The van der Waals surface area contributed by atoms with Crippen molar-refractivity contribution in [1.29, 1.82) is 0 Å². The fourth-order valence-electron chi connectivity index (χ4n) is 5.14. The van der Waals surface area contributed by atoms with Crippen molar-refractivity contribution in [2.24, 2.45) is 0 Å². The van der Waals surface area contributed by atoms with Crippen LogP contribution in [0.25, 0.3) is 16.6 Å². The van der Waals surface area contributed by atoms with Crippen molar-refractivity contribution in [3.8, 4) is 5.69 Å². The number of aromatic nitrogens is 3. The lowest BCUT2D eigenvalue weighted by atomic mass is 10.1. The molecule has 5 rings (SSSR count).